The Morgan fingerprint density at radius 3 is 2.81 bits per heavy atom. The average Bonchev–Trinajstić information content (AvgIpc) is 2.65. The van der Waals surface area contributed by atoms with E-state index in [4.69, 9.17) is 0 Å². The van der Waals surface area contributed by atoms with Gasteiger partial charge in [-0.05, 0) is 33.6 Å². The fraction of sp³-hybridized carbons (Fsp3) is 0.273. The highest BCUT2D eigenvalue weighted by molar-refractivity contribution is 9.10. The van der Waals surface area contributed by atoms with Crippen LogP contribution in [0.2, 0.25) is 0 Å². The van der Waals surface area contributed by atoms with Gasteiger partial charge in [0.1, 0.15) is 6.10 Å². The van der Waals surface area contributed by atoms with Gasteiger partial charge in [0.25, 0.3) is 0 Å². The number of halogens is 1. The van der Waals surface area contributed by atoms with Crippen molar-refractivity contribution in [2.24, 2.45) is 7.05 Å². The predicted molar refractivity (Wildman–Crippen MR) is 63.8 cm³/mol. The molecule has 0 amide bonds. The van der Waals surface area contributed by atoms with Crippen LogP contribution in [0.4, 0.5) is 0 Å². The Morgan fingerprint density at radius 2 is 2.25 bits per heavy atom. The van der Waals surface area contributed by atoms with Gasteiger partial charge in [-0.3, -0.25) is 9.67 Å². The first-order valence-corrected chi connectivity index (χ1v) is 5.71. The number of aryl methyl sites for hydroxylation is 1. The van der Waals surface area contributed by atoms with Gasteiger partial charge in [0, 0.05) is 30.3 Å². The third-order valence-corrected chi connectivity index (χ3v) is 2.75. The lowest BCUT2D eigenvalue weighted by molar-refractivity contribution is 0.173. The maximum atomic E-state index is 9.96. The summed E-state index contributed by atoms with van der Waals surface area (Å²) in [6.07, 6.45) is 5.27. The summed E-state index contributed by atoms with van der Waals surface area (Å²) in [5.41, 5.74) is 1.67. The summed E-state index contributed by atoms with van der Waals surface area (Å²) in [5.74, 6) is 0. The molecule has 0 radical (unpaired) electrons. The Balaban J connectivity index is 2.08. The molecule has 0 saturated heterocycles. The average molecular weight is 282 g/mol. The topological polar surface area (TPSA) is 50.9 Å². The zero-order chi connectivity index (χ0) is 11.5. The lowest BCUT2D eigenvalue weighted by Crippen LogP contribution is -2.03. The van der Waals surface area contributed by atoms with Crippen LogP contribution in [0.1, 0.15) is 17.4 Å². The van der Waals surface area contributed by atoms with Gasteiger partial charge in [0.2, 0.25) is 0 Å². The molecule has 2 aromatic rings. The molecule has 0 aliphatic carbocycles. The van der Waals surface area contributed by atoms with Gasteiger partial charge < -0.3 is 5.11 Å². The van der Waals surface area contributed by atoms with E-state index in [9.17, 15) is 5.11 Å². The summed E-state index contributed by atoms with van der Waals surface area (Å²) in [7, 11) is 1.85. The van der Waals surface area contributed by atoms with Gasteiger partial charge in [0.15, 0.2) is 0 Å². The molecule has 0 aromatic carbocycles. The fourth-order valence-electron chi connectivity index (χ4n) is 1.49. The van der Waals surface area contributed by atoms with E-state index in [0.717, 1.165) is 10.0 Å². The lowest BCUT2D eigenvalue weighted by atomic mass is 10.1. The van der Waals surface area contributed by atoms with E-state index in [1.54, 1.807) is 17.1 Å². The van der Waals surface area contributed by atoms with Gasteiger partial charge in [-0.2, -0.15) is 5.10 Å². The first-order chi connectivity index (χ1) is 7.65. The van der Waals surface area contributed by atoms with Crippen LogP contribution in [0.15, 0.2) is 35.2 Å². The van der Waals surface area contributed by atoms with E-state index in [2.05, 4.69) is 26.0 Å². The molecular formula is C11H12BrN3O. The molecule has 2 heterocycles. The predicted octanol–water partition coefficient (Wildman–Crippen LogP) is 1.85. The van der Waals surface area contributed by atoms with Crippen LogP contribution in [-0.4, -0.2) is 19.9 Å². The number of pyridine rings is 1. The Hall–Kier alpha value is -1.20. The van der Waals surface area contributed by atoms with Gasteiger partial charge >= 0.3 is 0 Å². The molecule has 16 heavy (non-hydrogen) atoms. The molecule has 2 aromatic heterocycles. The Morgan fingerprint density at radius 1 is 1.44 bits per heavy atom. The zero-order valence-electron chi connectivity index (χ0n) is 8.84. The number of aliphatic hydroxyl groups excluding tert-OH is 1. The fourth-order valence-corrected chi connectivity index (χ4v) is 1.72. The number of aliphatic hydroxyl groups is 1. The molecule has 1 N–H and O–H groups in total. The number of rotatable bonds is 3. The number of hydrogen-bond donors (Lipinski definition) is 1. The third-order valence-electron chi connectivity index (χ3n) is 2.28. The van der Waals surface area contributed by atoms with E-state index < -0.39 is 6.10 Å². The van der Waals surface area contributed by atoms with Crippen molar-refractivity contribution in [3.8, 4) is 0 Å². The first-order valence-electron chi connectivity index (χ1n) is 4.92. The first kappa shape index (κ1) is 11.3. The Labute approximate surface area is 102 Å². The molecule has 2 rings (SSSR count). The Kier molecular flexibility index (Phi) is 3.36. The second-order valence-corrected chi connectivity index (χ2v) is 4.56. The third kappa shape index (κ3) is 2.68. The standard InChI is InChI=1S/C11H12BrN3O/c1-15-7-8(5-14-15)4-11(16)10-3-2-9(12)6-13-10/h2-3,5-7,11,16H,4H2,1H3. The SMILES string of the molecule is Cn1cc(CC(O)c2ccc(Br)cn2)cn1. The number of aromatic nitrogens is 3. The van der Waals surface area contributed by atoms with Crippen molar-refractivity contribution in [3.63, 3.8) is 0 Å². The highest BCUT2D eigenvalue weighted by Gasteiger charge is 2.10. The summed E-state index contributed by atoms with van der Waals surface area (Å²) >= 11 is 3.31. The summed E-state index contributed by atoms with van der Waals surface area (Å²) < 4.78 is 2.63. The minimum atomic E-state index is -0.586. The monoisotopic (exact) mass is 281 g/mol. The zero-order valence-corrected chi connectivity index (χ0v) is 10.4. The number of hydrogen-bond acceptors (Lipinski definition) is 3. The van der Waals surface area contributed by atoms with Gasteiger partial charge in [0.05, 0.1) is 11.9 Å². The molecule has 0 spiro atoms. The largest absolute Gasteiger partial charge is 0.386 e. The normalized spacial score (nSPS) is 12.7. The number of nitrogens with zero attached hydrogens (tertiary/aromatic N) is 3. The Bertz CT molecular complexity index is 466. The molecule has 1 atom stereocenters. The summed E-state index contributed by atoms with van der Waals surface area (Å²) in [4.78, 5) is 4.16. The molecule has 84 valence electrons. The molecule has 1 unspecified atom stereocenters. The second-order valence-electron chi connectivity index (χ2n) is 3.64. The second kappa shape index (κ2) is 4.76. The molecule has 0 aliphatic heterocycles. The highest BCUT2D eigenvalue weighted by atomic mass is 79.9. The van der Waals surface area contributed by atoms with Gasteiger partial charge in [-0.25, -0.2) is 0 Å². The summed E-state index contributed by atoms with van der Waals surface area (Å²) in [6, 6.07) is 3.68. The van der Waals surface area contributed by atoms with Crippen LogP contribution < -0.4 is 0 Å². The van der Waals surface area contributed by atoms with Crippen LogP contribution in [0.3, 0.4) is 0 Å². The van der Waals surface area contributed by atoms with Crippen LogP contribution in [-0.2, 0) is 13.5 Å². The van der Waals surface area contributed by atoms with Crippen molar-refractivity contribution >= 4 is 15.9 Å². The molecule has 0 bridgehead atoms. The van der Waals surface area contributed by atoms with E-state index in [0.29, 0.717) is 12.1 Å². The molecule has 5 heteroatoms. The van der Waals surface area contributed by atoms with Gasteiger partial charge in [-0.15, -0.1) is 0 Å². The molecule has 0 aliphatic rings. The van der Waals surface area contributed by atoms with Crippen molar-refractivity contribution in [1.29, 1.82) is 0 Å². The van der Waals surface area contributed by atoms with Crippen LogP contribution in [0, 0.1) is 0 Å². The minimum absolute atomic E-state index is 0.530. The van der Waals surface area contributed by atoms with Crippen molar-refractivity contribution in [3.05, 3.63) is 46.5 Å². The van der Waals surface area contributed by atoms with Crippen molar-refractivity contribution in [2.75, 3.05) is 0 Å². The molecule has 0 saturated carbocycles. The minimum Gasteiger partial charge on any atom is -0.386 e. The van der Waals surface area contributed by atoms with E-state index in [1.165, 1.54) is 0 Å². The molecular weight excluding hydrogens is 270 g/mol. The highest BCUT2D eigenvalue weighted by Crippen LogP contribution is 2.17. The quantitative estimate of drug-likeness (QED) is 0.934. The van der Waals surface area contributed by atoms with Crippen molar-refractivity contribution in [2.45, 2.75) is 12.5 Å². The van der Waals surface area contributed by atoms with E-state index in [-0.39, 0.29) is 0 Å². The van der Waals surface area contributed by atoms with Crippen LogP contribution in [0.5, 0.6) is 0 Å². The van der Waals surface area contributed by atoms with Crippen LogP contribution >= 0.6 is 15.9 Å². The summed E-state index contributed by atoms with van der Waals surface area (Å²) in [5, 5.41) is 14.0. The smallest absolute Gasteiger partial charge is 0.100 e. The van der Waals surface area contributed by atoms with Crippen molar-refractivity contribution < 1.29 is 5.11 Å². The molecule has 0 fully saturated rings. The summed E-state index contributed by atoms with van der Waals surface area (Å²) in [6.45, 7) is 0. The van der Waals surface area contributed by atoms with E-state index in [1.807, 2.05) is 25.4 Å². The maximum absolute atomic E-state index is 9.96. The van der Waals surface area contributed by atoms with E-state index >= 15 is 0 Å². The maximum Gasteiger partial charge on any atom is 0.100 e. The lowest BCUT2D eigenvalue weighted by Gasteiger charge is -2.08. The van der Waals surface area contributed by atoms with Gasteiger partial charge in [-0.1, -0.05) is 0 Å². The van der Waals surface area contributed by atoms with Crippen LogP contribution in [0.25, 0.3) is 0 Å². The van der Waals surface area contributed by atoms with Crippen molar-refractivity contribution in [1.82, 2.24) is 14.8 Å². The molecule has 4 nitrogen and oxygen atoms in total.